The Morgan fingerprint density at radius 3 is 2.52 bits per heavy atom. The highest BCUT2D eigenvalue weighted by atomic mass is 32.2. The van der Waals surface area contributed by atoms with Gasteiger partial charge in [-0.05, 0) is 42.0 Å². The van der Waals surface area contributed by atoms with Crippen molar-refractivity contribution >= 4 is 32.5 Å². The number of hydrogen-bond acceptors (Lipinski definition) is 7. The van der Waals surface area contributed by atoms with Crippen molar-refractivity contribution in [1.82, 2.24) is 19.9 Å². The van der Waals surface area contributed by atoms with Crippen molar-refractivity contribution in [2.75, 3.05) is 18.9 Å². The molecule has 10 nitrogen and oxygen atoms in total. The first-order chi connectivity index (χ1) is 18.8. The quantitative estimate of drug-likeness (QED) is 0.328. The second kappa shape index (κ2) is 11.0. The molecule has 0 bridgehead atoms. The molecule has 0 aliphatic heterocycles. The fourth-order valence-corrected chi connectivity index (χ4v) is 5.08. The third-order valence-corrected chi connectivity index (χ3v) is 7.45. The summed E-state index contributed by atoms with van der Waals surface area (Å²) in [6.07, 6.45) is -1.97. The van der Waals surface area contributed by atoms with Gasteiger partial charge < -0.3 is 10.1 Å². The number of pyridine rings is 1. The molecule has 4 rings (SSSR count). The van der Waals surface area contributed by atoms with Crippen molar-refractivity contribution in [3.8, 4) is 17.0 Å². The number of nitrogens with one attached hydrogen (secondary N) is 2. The molecule has 0 saturated heterocycles. The highest BCUT2D eigenvalue weighted by Gasteiger charge is 2.32. The number of nitrogens with zero attached hydrogens (tertiary/aromatic N) is 3. The highest BCUT2D eigenvalue weighted by molar-refractivity contribution is 7.92. The Morgan fingerprint density at radius 2 is 1.85 bits per heavy atom. The van der Waals surface area contributed by atoms with E-state index in [1.54, 1.807) is 25.1 Å². The molecule has 1 atom stereocenters. The summed E-state index contributed by atoms with van der Waals surface area (Å²) in [5.41, 5.74) is -0.342. The van der Waals surface area contributed by atoms with E-state index in [1.165, 1.54) is 37.3 Å². The van der Waals surface area contributed by atoms with E-state index in [0.717, 1.165) is 18.2 Å². The first-order valence-corrected chi connectivity index (χ1v) is 13.3. The van der Waals surface area contributed by atoms with Crippen LogP contribution in [-0.2, 0) is 27.5 Å². The molecule has 14 heteroatoms. The van der Waals surface area contributed by atoms with Crippen LogP contribution in [-0.4, -0.2) is 43.0 Å². The maximum absolute atomic E-state index is 13.2. The van der Waals surface area contributed by atoms with E-state index in [9.17, 15) is 31.2 Å². The number of rotatable bonds is 8. The fraction of sp³-hybridized carbons (Fsp3) is 0.231. The number of alkyl halides is 3. The average molecular weight is 576 g/mol. The summed E-state index contributed by atoms with van der Waals surface area (Å²) >= 11 is 0. The number of hydrogen-bond donors (Lipinski definition) is 2. The zero-order valence-electron chi connectivity index (χ0n) is 21.5. The predicted octanol–water partition coefficient (Wildman–Crippen LogP) is 3.67. The van der Waals surface area contributed by atoms with E-state index in [-0.39, 0.29) is 35.0 Å². The van der Waals surface area contributed by atoms with Crippen LogP contribution in [0.1, 0.15) is 12.5 Å². The number of halogens is 3. The molecule has 0 unspecified atom stereocenters. The minimum Gasteiger partial charge on any atom is -0.480 e. The van der Waals surface area contributed by atoms with Crippen LogP contribution in [0, 0.1) is 5.92 Å². The van der Waals surface area contributed by atoms with Crippen LogP contribution in [0.15, 0.2) is 70.7 Å². The molecule has 0 spiro atoms. The van der Waals surface area contributed by atoms with Crippen molar-refractivity contribution in [2.45, 2.75) is 24.5 Å². The first-order valence-electron chi connectivity index (χ1n) is 11.8. The van der Waals surface area contributed by atoms with Crippen LogP contribution in [0.2, 0.25) is 0 Å². The molecule has 2 aromatic heterocycles. The number of fused-ring (bicyclic) bond motifs is 1. The van der Waals surface area contributed by atoms with Gasteiger partial charge in [-0.1, -0.05) is 19.1 Å². The predicted molar refractivity (Wildman–Crippen MR) is 141 cm³/mol. The lowest BCUT2D eigenvalue weighted by Crippen LogP contribution is -2.32. The SMILES string of the molecule is CNC(=O)[C@H](C)Cn1cnc2ccc(-c3cnc(OC)c(NS(=O)(=O)c4cccc(C(F)(F)F)c4)c3)cc2c1=O. The molecule has 0 radical (unpaired) electrons. The van der Waals surface area contributed by atoms with Crippen LogP contribution in [0.5, 0.6) is 5.88 Å². The zero-order chi connectivity index (χ0) is 29.2. The van der Waals surface area contributed by atoms with Crippen molar-refractivity contribution in [1.29, 1.82) is 0 Å². The Morgan fingerprint density at radius 1 is 1.10 bits per heavy atom. The lowest BCUT2D eigenvalue weighted by molar-refractivity contribution is -0.137. The first kappa shape index (κ1) is 28.5. The third kappa shape index (κ3) is 5.91. The molecule has 2 N–H and O–H groups in total. The van der Waals surface area contributed by atoms with Gasteiger partial charge in [0.15, 0.2) is 0 Å². The normalized spacial score (nSPS) is 12.7. The van der Waals surface area contributed by atoms with Gasteiger partial charge in [0.05, 0.1) is 40.7 Å². The summed E-state index contributed by atoms with van der Waals surface area (Å²) in [6.45, 7) is 1.79. The van der Waals surface area contributed by atoms with Gasteiger partial charge in [0, 0.05) is 25.4 Å². The minimum absolute atomic E-state index is 0.108. The maximum atomic E-state index is 13.2. The molecule has 0 fully saturated rings. The molecule has 4 aromatic rings. The zero-order valence-corrected chi connectivity index (χ0v) is 22.3. The van der Waals surface area contributed by atoms with Gasteiger partial charge in [-0.3, -0.25) is 18.9 Å². The van der Waals surface area contributed by atoms with Crippen molar-refractivity contribution in [3.05, 3.63) is 77.0 Å². The highest BCUT2D eigenvalue weighted by Crippen LogP contribution is 2.33. The van der Waals surface area contributed by atoms with Crippen molar-refractivity contribution in [3.63, 3.8) is 0 Å². The Hall–Kier alpha value is -4.46. The number of anilines is 1. The Labute approximate surface area is 226 Å². The molecule has 2 aromatic carbocycles. The molecule has 1 amide bonds. The summed E-state index contributed by atoms with van der Waals surface area (Å²) in [5.74, 6) is -0.833. The number of amides is 1. The number of carbonyl (C=O) groups is 1. The van der Waals surface area contributed by atoms with Crippen molar-refractivity contribution < 1.29 is 31.1 Å². The third-order valence-electron chi connectivity index (χ3n) is 6.08. The van der Waals surface area contributed by atoms with Gasteiger partial charge in [-0.2, -0.15) is 13.2 Å². The summed E-state index contributed by atoms with van der Waals surface area (Å²) < 4.78 is 74.0. The number of carbonyl (C=O) groups excluding carboxylic acids is 1. The molecule has 0 aliphatic rings. The van der Waals surface area contributed by atoms with E-state index in [1.807, 2.05) is 0 Å². The smallest absolute Gasteiger partial charge is 0.416 e. The average Bonchev–Trinajstić information content (AvgIpc) is 2.93. The Balaban J connectivity index is 1.72. The molecular formula is C26H24F3N5O5S. The number of methoxy groups -OCH3 is 1. The number of ether oxygens (including phenoxy) is 1. The lowest BCUT2D eigenvalue weighted by atomic mass is 10.0. The summed E-state index contributed by atoms with van der Waals surface area (Å²) in [5, 5.41) is 2.79. The Kier molecular flexibility index (Phi) is 7.82. The largest absolute Gasteiger partial charge is 0.480 e. The van der Waals surface area contributed by atoms with Crippen LogP contribution < -0.4 is 20.3 Å². The molecule has 40 heavy (non-hydrogen) atoms. The van der Waals surface area contributed by atoms with Crippen LogP contribution >= 0.6 is 0 Å². The van der Waals surface area contributed by atoms with E-state index in [4.69, 9.17) is 4.74 Å². The van der Waals surface area contributed by atoms with E-state index < -0.39 is 32.6 Å². The topological polar surface area (TPSA) is 132 Å². The summed E-state index contributed by atoms with van der Waals surface area (Å²) in [4.78, 5) is 32.9. The summed E-state index contributed by atoms with van der Waals surface area (Å²) in [7, 11) is -1.70. The van der Waals surface area contributed by atoms with E-state index in [2.05, 4.69) is 20.0 Å². The molecular weight excluding hydrogens is 551 g/mol. The molecule has 0 saturated carbocycles. The maximum Gasteiger partial charge on any atom is 0.416 e. The van der Waals surface area contributed by atoms with Gasteiger partial charge in [0.1, 0.15) is 5.69 Å². The molecule has 2 heterocycles. The number of sulfonamides is 1. The fourth-order valence-electron chi connectivity index (χ4n) is 3.98. The standard InChI is InChI=1S/C26H24F3N5O5S/c1-15(23(35)30-2)13-34-14-32-21-8-7-16(9-20(21)25(34)36)17-10-22(24(39-3)31-12-17)33-40(37,38)19-6-4-5-18(11-19)26(27,28)29/h4-12,14-15,33H,13H2,1-3H3,(H,30,35)/t15-/m1/s1. The van der Waals surface area contributed by atoms with Gasteiger partial charge in [-0.15, -0.1) is 0 Å². The van der Waals surface area contributed by atoms with Crippen molar-refractivity contribution in [2.24, 2.45) is 5.92 Å². The molecule has 210 valence electrons. The van der Waals surface area contributed by atoms with Crippen LogP contribution in [0.3, 0.4) is 0 Å². The number of benzene rings is 2. The minimum atomic E-state index is -4.73. The van der Waals surface area contributed by atoms with Crippen LogP contribution in [0.25, 0.3) is 22.0 Å². The van der Waals surface area contributed by atoms with Crippen LogP contribution in [0.4, 0.5) is 18.9 Å². The van der Waals surface area contributed by atoms with Gasteiger partial charge in [0.2, 0.25) is 11.8 Å². The second-order valence-corrected chi connectivity index (χ2v) is 10.5. The number of aromatic nitrogens is 3. The lowest BCUT2D eigenvalue weighted by Gasteiger charge is -2.14. The summed E-state index contributed by atoms with van der Waals surface area (Å²) in [6, 6.07) is 9.53. The van der Waals surface area contributed by atoms with Gasteiger partial charge >= 0.3 is 6.18 Å². The monoisotopic (exact) mass is 575 g/mol. The van der Waals surface area contributed by atoms with Gasteiger partial charge in [0.25, 0.3) is 15.6 Å². The van der Waals surface area contributed by atoms with E-state index in [0.29, 0.717) is 22.7 Å². The molecule has 0 aliphatic carbocycles. The second-order valence-electron chi connectivity index (χ2n) is 8.86. The van der Waals surface area contributed by atoms with Gasteiger partial charge in [-0.25, -0.2) is 18.4 Å². The Bertz CT molecular complexity index is 1760. The van der Waals surface area contributed by atoms with E-state index >= 15 is 0 Å².